The molecule has 2 aromatic carbocycles. The van der Waals surface area contributed by atoms with E-state index in [0.717, 1.165) is 11.3 Å². The van der Waals surface area contributed by atoms with Gasteiger partial charge >= 0.3 is 0 Å². The lowest BCUT2D eigenvalue weighted by Gasteiger charge is -2.19. The summed E-state index contributed by atoms with van der Waals surface area (Å²) in [7, 11) is 0. The van der Waals surface area contributed by atoms with Crippen LogP contribution in [0.15, 0.2) is 42.5 Å². The zero-order chi connectivity index (χ0) is 14.7. The van der Waals surface area contributed by atoms with Crippen LogP contribution in [0.3, 0.4) is 0 Å². The van der Waals surface area contributed by atoms with Crippen molar-refractivity contribution in [3.63, 3.8) is 0 Å². The summed E-state index contributed by atoms with van der Waals surface area (Å²) in [4.78, 5) is 0.274. The van der Waals surface area contributed by atoms with Crippen LogP contribution in [0.5, 0.6) is 0 Å². The molecule has 104 valence electrons. The van der Waals surface area contributed by atoms with Gasteiger partial charge in [0.25, 0.3) is 0 Å². The quantitative estimate of drug-likeness (QED) is 0.793. The minimum Gasteiger partial charge on any atom is -0.389 e. The van der Waals surface area contributed by atoms with Crippen LogP contribution in [0.25, 0.3) is 0 Å². The molecule has 2 rings (SSSR count). The number of thiocarbonyl (C=S) groups is 1. The van der Waals surface area contributed by atoms with E-state index in [2.05, 4.69) is 5.32 Å². The molecule has 20 heavy (non-hydrogen) atoms. The number of anilines is 1. The minimum atomic E-state index is 0.0558. The lowest BCUT2D eigenvalue weighted by atomic mass is 10.1. The molecule has 0 aliphatic carbocycles. The van der Waals surface area contributed by atoms with Gasteiger partial charge in [-0.15, -0.1) is 0 Å². The molecule has 1 unspecified atom stereocenters. The first-order chi connectivity index (χ1) is 9.49. The molecule has 0 fully saturated rings. The Bertz CT molecular complexity index is 644. The van der Waals surface area contributed by atoms with Gasteiger partial charge in [-0.1, -0.05) is 53.6 Å². The third-order valence-electron chi connectivity index (χ3n) is 2.98. The Morgan fingerprint density at radius 2 is 1.90 bits per heavy atom. The first-order valence-electron chi connectivity index (χ1n) is 6.09. The highest BCUT2D eigenvalue weighted by atomic mass is 35.5. The molecular formula is C15H14Cl2N2S. The van der Waals surface area contributed by atoms with E-state index in [1.807, 2.05) is 43.3 Å². The van der Waals surface area contributed by atoms with Gasteiger partial charge in [-0.25, -0.2) is 0 Å². The average molecular weight is 325 g/mol. The van der Waals surface area contributed by atoms with Crippen LogP contribution in [0.4, 0.5) is 5.69 Å². The van der Waals surface area contributed by atoms with Crippen molar-refractivity contribution in [3.8, 4) is 0 Å². The second-order valence-corrected chi connectivity index (χ2v) is 5.73. The van der Waals surface area contributed by atoms with Crippen LogP contribution >= 0.6 is 35.4 Å². The molecule has 0 spiro atoms. The Balaban J connectivity index is 2.30. The summed E-state index contributed by atoms with van der Waals surface area (Å²) in [5.41, 5.74) is 8.30. The largest absolute Gasteiger partial charge is 0.389 e. The molecule has 0 aromatic heterocycles. The van der Waals surface area contributed by atoms with Gasteiger partial charge in [0.05, 0.1) is 10.6 Å². The minimum absolute atomic E-state index is 0.0558. The average Bonchev–Trinajstić information content (AvgIpc) is 2.38. The van der Waals surface area contributed by atoms with Crippen molar-refractivity contribution in [3.05, 3.63) is 63.6 Å². The third-order valence-corrected chi connectivity index (χ3v) is 3.73. The number of hydrogen-bond donors (Lipinski definition) is 2. The van der Waals surface area contributed by atoms with E-state index < -0.39 is 0 Å². The fraction of sp³-hybridized carbons (Fsp3) is 0.133. The second kappa shape index (κ2) is 6.44. The van der Waals surface area contributed by atoms with Gasteiger partial charge in [0.2, 0.25) is 0 Å². The first-order valence-corrected chi connectivity index (χ1v) is 7.26. The molecule has 0 amide bonds. The standard InChI is InChI=1S/C15H14Cl2N2S/c1-9(10-4-2-5-11(16)8-10)19-13-7-3-6-12(17)14(13)15(18)20/h2-9,19H,1H3,(H2,18,20). The number of rotatable bonds is 4. The summed E-state index contributed by atoms with van der Waals surface area (Å²) in [6.07, 6.45) is 0. The van der Waals surface area contributed by atoms with E-state index in [0.29, 0.717) is 15.6 Å². The van der Waals surface area contributed by atoms with Gasteiger partial charge in [0.15, 0.2) is 0 Å². The molecule has 3 N–H and O–H groups in total. The molecule has 0 heterocycles. The lowest BCUT2D eigenvalue weighted by Crippen LogP contribution is -2.15. The monoisotopic (exact) mass is 324 g/mol. The van der Waals surface area contributed by atoms with E-state index in [4.69, 9.17) is 41.2 Å². The van der Waals surface area contributed by atoms with Gasteiger partial charge < -0.3 is 11.1 Å². The SMILES string of the molecule is CC(Nc1cccc(Cl)c1C(N)=S)c1cccc(Cl)c1. The fourth-order valence-corrected chi connectivity index (χ4v) is 2.74. The lowest BCUT2D eigenvalue weighted by molar-refractivity contribution is 0.884. The van der Waals surface area contributed by atoms with Gasteiger partial charge in [0, 0.05) is 16.8 Å². The molecule has 2 aromatic rings. The Hall–Kier alpha value is -1.29. The predicted octanol–water partition coefficient (Wildman–Crippen LogP) is 4.80. The molecule has 0 aliphatic rings. The summed E-state index contributed by atoms with van der Waals surface area (Å²) in [5.74, 6) is 0. The van der Waals surface area contributed by atoms with Gasteiger partial charge in [-0.2, -0.15) is 0 Å². The zero-order valence-electron chi connectivity index (χ0n) is 10.9. The number of nitrogens with one attached hydrogen (secondary N) is 1. The maximum absolute atomic E-state index is 6.15. The molecule has 0 saturated heterocycles. The van der Waals surface area contributed by atoms with Crippen LogP contribution in [0.1, 0.15) is 24.1 Å². The second-order valence-electron chi connectivity index (χ2n) is 4.45. The third kappa shape index (κ3) is 3.42. The van der Waals surface area contributed by atoms with Crippen LogP contribution in [0.2, 0.25) is 10.0 Å². The van der Waals surface area contributed by atoms with Crippen LogP contribution in [-0.4, -0.2) is 4.99 Å². The molecule has 0 radical (unpaired) electrons. The van der Waals surface area contributed by atoms with Crippen LogP contribution in [-0.2, 0) is 0 Å². The Morgan fingerprint density at radius 1 is 1.20 bits per heavy atom. The van der Waals surface area contributed by atoms with Gasteiger partial charge in [-0.3, -0.25) is 0 Å². The molecule has 5 heteroatoms. The normalized spacial score (nSPS) is 11.9. The highest BCUT2D eigenvalue weighted by molar-refractivity contribution is 7.80. The highest BCUT2D eigenvalue weighted by Gasteiger charge is 2.13. The number of nitrogens with two attached hydrogens (primary N) is 1. The number of halogens is 2. The van der Waals surface area contributed by atoms with E-state index in [-0.39, 0.29) is 11.0 Å². The summed E-state index contributed by atoms with van der Waals surface area (Å²) in [6, 6.07) is 13.3. The van der Waals surface area contributed by atoms with E-state index in [1.165, 1.54) is 0 Å². The van der Waals surface area contributed by atoms with Crippen LogP contribution in [0, 0.1) is 0 Å². The fourth-order valence-electron chi connectivity index (χ4n) is 1.99. The zero-order valence-corrected chi connectivity index (χ0v) is 13.2. The van der Waals surface area contributed by atoms with Crippen molar-refractivity contribution in [2.75, 3.05) is 5.32 Å². The summed E-state index contributed by atoms with van der Waals surface area (Å²) >= 11 is 17.2. The van der Waals surface area contributed by atoms with Crippen molar-refractivity contribution >= 4 is 46.1 Å². The highest BCUT2D eigenvalue weighted by Crippen LogP contribution is 2.28. The summed E-state index contributed by atoms with van der Waals surface area (Å²) < 4.78 is 0. The summed E-state index contributed by atoms with van der Waals surface area (Å²) in [5, 5.41) is 4.61. The van der Waals surface area contributed by atoms with Gasteiger partial charge in [-0.05, 0) is 36.8 Å². The predicted molar refractivity (Wildman–Crippen MR) is 90.8 cm³/mol. The Morgan fingerprint density at radius 3 is 2.55 bits per heavy atom. The summed E-state index contributed by atoms with van der Waals surface area (Å²) in [6.45, 7) is 2.04. The van der Waals surface area contributed by atoms with Crippen molar-refractivity contribution in [1.29, 1.82) is 0 Å². The van der Waals surface area contributed by atoms with E-state index in [9.17, 15) is 0 Å². The molecule has 0 bridgehead atoms. The molecular weight excluding hydrogens is 311 g/mol. The first kappa shape index (κ1) is 15.1. The van der Waals surface area contributed by atoms with Crippen LogP contribution < -0.4 is 11.1 Å². The number of benzene rings is 2. The van der Waals surface area contributed by atoms with Crippen molar-refractivity contribution < 1.29 is 0 Å². The Labute approximate surface area is 133 Å². The Kier molecular flexibility index (Phi) is 4.86. The topological polar surface area (TPSA) is 38.0 Å². The van der Waals surface area contributed by atoms with E-state index in [1.54, 1.807) is 6.07 Å². The maximum Gasteiger partial charge on any atom is 0.107 e. The molecule has 2 nitrogen and oxygen atoms in total. The molecule has 0 saturated carbocycles. The number of hydrogen-bond acceptors (Lipinski definition) is 2. The van der Waals surface area contributed by atoms with Crippen molar-refractivity contribution in [2.45, 2.75) is 13.0 Å². The van der Waals surface area contributed by atoms with Crippen molar-refractivity contribution in [1.82, 2.24) is 0 Å². The molecule has 0 aliphatic heterocycles. The van der Waals surface area contributed by atoms with Gasteiger partial charge in [0.1, 0.15) is 4.99 Å². The van der Waals surface area contributed by atoms with E-state index >= 15 is 0 Å². The maximum atomic E-state index is 6.15. The smallest absolute Gasteiger partial charge is 0.107 e. The van der Waals surface area contributed by atoms with Crippen molar-refractivity contribution in [2.24, 2.45) is 5.73 Å². The molecule has 1 atom stereocenters.